The van der Waals surface area contributed by atoms with Gasteiger partial charge in [0.25, 0.3) is 15.9 Å². The van der Waals surface area contributed by atoms with Gasteiger partial charge in [-0.1, -0.05) is 17.7 Å². The number of carbonyl (C=O) groups is 2. The molecule has 7 rings (SSSR count). The van der Waals surface area contributed by atoms with E-state index in [2.05, 4.69) is 39.0 Å². The van der Waals surface area contributed by atoms with Crippen molar-refractivity contribution < 1.29 is 27.5 Å². The number of hydrogen-bond donors (Lipinski definition) is 2. The molecule has 1 atom stereocenters. The summed E-state index contributed by atoms with van der Waals surface area (Å²) in [5.74, 6) is 1.37. The lowest BCUT2D eigenvalue weighted by molar-refractivity contribution is 0.0130. The van der Waals surface area contributed by atoms with E-state index < -0.39 is 21.5 Å². The average Bonchev–Trinajstić information content (AvgIpc) is 4.01. The smallest absolute Gasteiger partial charge is 0.410 e. The second kappa shape index (κ2) is 13.2. The van der Waals surface area contributed by atoms with Crippen molar-refractivity contribution in [1.82, 2.24) is 29.4 Å². The minimum absolute atomic E-state index is 0.111. The zero-order valence-corrected chi connectivity index (χ0v) is 32.0. The summed E-state index contributed by atoms with van der Waals surface area (Å²) in [7, 11) is -4.33. The normalized spacial score (nSPS) is 20.9. The number of sulfonamides is 1. The third-order valence-corrected chi connectivity index (χ3v) is 12.8. The van der Waals surface area contributed by atoms with E-state index in [0.717, 1.165) is 31.6 Å². The number of nitrogens with one attached hydrogen (secondary N) is 2. The molecule has 0 radical (unpaired) electrons. The Morgan fingerprint density at radius 2 is 1.75 bits per heavy atom. The Bertz CT molecular complexity index is 1950. The van der Waals surface area contributed by atoms with Crippen LogP contribution in [-0.4, -0.2) is 75.9 Å². The lowest BCUT2D eigenvalue weighted by atomic mass is 9.93. The van der Waals surface area contributed by atoms with Gasteiger partial charge >= 0.3 is 6.09 Å². The molecular weight excluding hydrogens is 706 g/mol. The number of ether oxygens (including phenoxy) is 2. The van der Waals surface area contributed by atoms with E-state index >= 15 is 0 Å². The number of aromatic nitrogens is 4. The number of likely N-dealkylation sites (tertiary alicyclic amines) is 1. The molecule has 2 N–H and O–H groups in total. The quantitative estimate of drug-likeness (QED) is 0.144. The van der Waals surface area contributed by atoms with E-state index in [-0.39, 0.29) is 27.4 Å². The van der Waals surface area contributed by atoms with Crippen LogP contribution in [0.1, 0.15) is 96.3 Å². The monoisotopic (exact) mass is 753 g/mol. The predicted molar refractivity (Wildman–Crippen MR) is 195 cm³/mol. The summed E-state index contributed by atoms with van der Waals surface area (Å²) >= 11 is 6.36. The summed E-state index contributed by atoms with van der Waals surface area (Å²) in [5, 5.41) is 7.12. The fourth-order valence-electron chi connectivity index (χ4n) is 8.59. The molecule has 2 spiro atoms. The second-order valence-electron chi connectivity index (χ2n) is 16.4. The molecule has 0 aromatic carbocycles. The van der Waals surface area contributed by atoms with Crippen LogP contribution in [0.2, 0.25) is 5.15 Å². The topological polar surface area (TPSA) is 158 Å². The van der Waals surface area contributed by atoms with Gasteiger partial charge in [-0.05, 0) is 133 Å². The van der Waals surface area contributed by atoms with Crippen LogP contribution in [-0.2, 0) is 14.8 Å². The molecule has 1 aliphatic heterocycles. The van der Waals surface area contributed by atoms with Crippen molar-refractivity contribution in [3.05, 3.63) is 53.3 Å². The third-order valence-electron chi connectivity index (χ3n) is 11.2. The van der Waals surface area contributed by atoms with E-state index in [1.54, 1.807) is 24.4 Å². The molecule has 1 saturated heterocycles. The SMILES string of the molecule is CC(C)(C)OC(=O)N1C[C@H](CCCNc2cccc(S(=O)(=O)NC(=O)c3ccc(-n4ccc(OCCC5C6(CC6)C56CC6)n4)nc3Cl)n2)CC1(C)C. The summed E-state index contributed by atoms with van der Waals surface area (Å²) in [6, 6.07) is 9.21. The average molecular weight is 754 g/mol. The lowest BCUT2D eigenvalue weighted by Gasteiger charge is -2.33. The predicted octanol–water partition coefficient (Wildman–Crippen LogP) is 6.62. The fourth-order valence-corrected chi connectivity index (χ4v) is 9.76. The van der Waals surface area contributed by atoms with Gasteiger partial charge < -0.3 is 19.7 Å². The molecule has 3 aliphatic carbocycles. The van der Waals surface area contributed by atoms with E-state index in [1.807, 2.05) is 25.7 Å². The first-order valence-electron chi connectivity index (χ1n) is 18.2. The van der Waals surface area contributed by atoms with Crippen LogP contribution in [0.4, 0.5) is 10.6 Å². The molecule has 2 amide bonds. The van der Waals surface area contributed by atoms with Gasteiger partial charge in [-0.3, -0.25) is 4.79 Å². The summed E-state index contributed by atoms with van der Waals surface area (Å²) in [6.45, 7) is 11.5. The fraction of sp³-hybridized carbons (Fsp3) is 0.595. The van der Waals surface area contributed by atoms with Gasteiger partial charge in [0.15, 0.2) is 10.8 Å². The Morgan fingerprint density at radius 3 is 2.42 bits per heavy atom. The maximum Gasteiger partial charge on any atom is 0.410 e. The highest BCUT2D eigenvalue weighted by Gasteiger charge is 2.85. The number of anilines is 1. The van der Waals surface area contributed by atoms with Crippen LogP contribution in [0.15, 0.2) is 47.6 Å². The largest absolute Gasteiger partial charge is 0.477 e. The maximum absolute atomic E-state index is 13.2. The molecule has 4 aliphatic rings. The van der Waals surface area contributed by atoms with Gasteiger partial charge in [0.05, 0.1) is 12.2 Å². The number of nitrogens with zero attached hydrogens (tertiary/aromatic N) is 5. The first-order valence-corrected chi connectivity index (χ1v) is 20.0. The van der Waals surface area contributed by atoms with Gasteiger partial charge in [0.2, 0.25) is 5.88 Å². The van der Waals surface area contributed by atoms with Crippen molar-refractivity contribution in [2.24, 2.45) is 22.7 Å². The number of amides is 2. The van der Waals surface area contributed by atoms with E-state index in [4.69, 9.17) is 21.1 Å². The van der Waals surface area contributed by atoms with Crippen LogP contribution in [0, 0.1) is 22.7 Å². The van der Waals surface area contributed by atoms with E-state index in [1.165, 1.54) is 48.6 Å². The molecule has 0 bridgehead atoms. The Kier molecular flexibility index (Phi) is 9.24. The van der Waals surface area contributed by atoms with Crippen molar-refractivity contribution in [2.45, 2.75) is 102 Å². The Labute approximate surface area is 310 Å². The molecule has 4 heterocycles. The molecule has 4 fully saturated rings. The Hall–Kier alpha value is -3.91. The Balaban J connectivity index is 0.883. The molecule has 3 saturated carbocycles. The zero-order valence-electron chi connectivity index (χ0n) is 30.4. The Morgan fingerprint density at radius 1 is 1.02 bits per heavy atom. The minimum Gasteiger partial charge on any atom is -0.477 e. The summed E-state index contributed by atoms with van der Waals surface area (Å²) in [6.07, 6.45) is 10.5. The maximum atomic E-state index is 13.2. The van der Waals surface area contributed by atoms with Crippen molar-refractivity contribution in [2.75, 3.05) is 25.0 Å². The number of fused-ring (bicyclic) bond motifs is 1. The third kappa shape index (κ3) is 7.33. The van der Waals surface area contributed by atoms with Crippen LogP contribution in [0.3, 0.4) is 0 Å². The number of halogens is 1. The van der Waals surface area contributed by atoms with Crippen LogP contribution in [0.25, 0.3) is 5.82 Å². The van der Waals surface area contributed by atoms with Gasteiger partial charge in [-0.2, -0.15) is 8.42 Å². The lowest BCUT2D eigenvalue weighted by Crippen LogP contribution is -2.45. The zero-order chi connectivity index (χ0) is 37.1. The standard InChI is InChI=1S/C37H48ClN7O6S/c1-34(2,3)51-33(47)44-23-24(22-35(44,4)5)8-7-19-39-27-9-6-10-30(40-27)52(48,49)43-32(46)25-11-12-28(41-31(25)38)45-20-13-29(42-45)50-21-14-26-36(15-16-36)37(26)17-18-37/h6,9-13,20,24,26H,7-8,14-19,21-23H2,1-5H3,(H,39,40)(H,43,46)/t24-/m1/s1. The molecule has 52 heavy (non-hydrogen) atoms. The first kappa shape index (κ1) is 36.4. The number of pyridine rings is 2. The van der Waals surface area contributed by atoms with E-state index in [9.17, 15) is 18.0 Å². The molecule has 3 aromatic rings. The van der Waals surface area contributed by atoms with Gasteiger partial charge in [-0.25, -0.2) is 24.2 Å². The van der Waals surface area contributed by atoms with Crippen LogP contribution < -0.4 is 14.8 Å². The molecule has 13 nitrogen and oxygen atoms in total. The second-order valence-corrected chi connectivity index (χ2v) is 18.4. The highest BCUT2D eigenvalue weighted by molar-refractivity contribution is 7.90. The number of rotatable bonds is 13. The minimum atomic E-state index is -4.33. The van der Waals surface area contributed by atoms with Gasteiger partial charge in [-0.15, -0.1) is 5.10 Å². The van der Waals surface area contributed by atoms with Crippen molar-refractivity contribution in [3.63, 3.8) is 0 Å². The van der Waals surface area contributed by atoms with Gasteiger partial charge in [0.1, 0.15) is 16.6 Å². The van der Waals surface area contributed by atoms with Crippen LogP contribution in [0.5, 0.6) is 5.88 Å². The summed E-state index contributed by atoms with van der Waals surface area (Å²) < 4.78 is 41.4. The molecule has 15 heteroatoms. The molecule has 3 aromatic heterocycles. The number of carbonyl (C=O) groups excluding carboxylic acids is 2. The number of hydrogen-bond acceptors (Lipinski definition) is 10. The summed E-state index contributed by atoms with van der Waals surface area (Å²) in [4.78, 5) is 36.1. The van der Waals surface area contributed by atoms with Crippen LogP contribution >= 0.6 is 11.6 Å². The van der Waals surface area contributed by atoms with E-state index in [0.29, 0.717) is 54.0 Å². The first-order chi connectivity index (χ1) is 24.5. The molecule has 0 unspecified atom stereocenters. The highest BCUT2D eigenvalue weighted by Crippen LogP contribution is 2.93. The van der Waals surface area contributed by atoms with Crippen molar-refractivity contribution >= 4 is 39.4 Å². The van der Waals surface area contributed by atoms with Crippen molar-refractivity contribution in [1.29, 1.82) is 0 Å². The van der Waals surface area contributed by atoms with Crippen molar-refractivity contribution in [3.8, 4) is 11.7 Å². The van der Waals surface area contributed by atoms with Gasteiger partial charge in [0, 0.05) is 30.9 Å². The highest BCUT2D eigenvalue weighted by atomic mass is 35.5. The molecule has 280 valence electrons. The molecular formula is C37H48ClN7O6S. The summed E-state index contributed by atoms with van der Waals surface area (Å²) in [5.41, 5.74) is 0.321.